The van der Waals surface area contributed by atoms with Crippen molar-refractivity contribution in [1.82, 2.24) is 24.8 Å². The number of fused-ring (bicyclic) bond motifs is 1. The first-order chi connectivity index (χ1) is 18.3. The largest absolute Gasteiger partial charge is 0.489 e. The van der Waals surface area contributed by atoms with Crippen LogP contribution in [0.15, 0.2) is 36.9 Å². The summed E-state index contributed by atoms with van der Waals surface area (Å²) in [7, 11) is 1.65. The SMILES string of the molecule is COCCOc1cncc2nc(-c3ccncc3)nc(N3CCC4(CCN(C(=O)OC(C)(C)C)C4)CC3)c12. The molecule has 10 nitrogen and oxygen atoms in total. The van der Waals surface area contributed by atoms with E-state index in [1.165, 1.54) is 0 Å². The van der Waals surface area contributed by atoms with Gasteiger partial charge in [0.2, 0.25) is 0 Å². The lowest BCUT2D eigenvalue weighted by molar-refractivity contribution is 0.0266. The highest BCUT2D eigenvalue weighted by atomic mass is 16.6. The number of hydrogen-bond donors (Lipinski definition) is 0. The van der Waals surface area contributed by atoms with Crippen molar-refractivity contribution in [2.75, 3.05) is 51.4 Å². The standard InChI is InChI=1S/C28H36N6O4/c1-27(2,3)38-26(35)34-14-9-28(19-34)7-12-33(13-8-28)25-23-21(17-30-18-22(23)37-16-15-36-4)31-24(32-25)20-5-10-29-11-6-20/h5-6,10-11,17-18H,7-9,12-16,19H2,1-4H3. The lowest BCUT2D eigenvalue weighted by Gasteiger charge is -2.40. The van der Waals surface area contributed by atoms with Gasteiger partial charge in [-0.05, 0) is 57.6 Å². The van der Waals surface area contributed by atoms with Gasteiger partial charge < -0.3 is 24.0 Å². The average Bonchev–Trinajstić information content (AvgIpc) is 3.32. The Morgan fingerprint density at radius 1 is 1.00 bits per heavy atom. The third-order valence-corrected chi connectivity index (χ3v) is 7.25. The molecule has 0 saturated carbocycles. The summed E-state index contributed by atoms with van der Waals surface area (Å²) in [4.78, 5) is 35.3. The van der Waals surface area contributed by atoms with Gasteiger partial charge in [-0.2, -0.15) is 0 Å². The molecule has 3 aromatic rings. The Balaban J connectivity index is 1.41. The van der Waals surface area contributed by atoms with E-state index in [-0.39, 0.29) is 11.5 Å². The molecule has 0 aliphatic carbocycles. The third kappa shape index (κ3) is 5.65. The summed E-state index contributed by atoms with van der Waals surface area (Å²) in [5.41, 5.74) is 1.23. The molecule has 5 heterocycles. The first kappa shape index (κ1) is 26.1. The van der Waals surface area contributed by atoms with E-state index >= 15 is 0 Å². The molecule has 5 rings (SSSR count). The second kappa shape index (κ2) is 10.7. The predicted octanol–water partition coefficient (Wildman–Crippen LogP) is 4.34. The van der Waals surface area contributed by atoms with Crippen LogP contribution in [0.4, 0.5) is 10.6 Å². The molecular weight excluding hydrogens is 484 g/mol. The zero-order valence-corrected chi connectivity index (χ0v) is 22.6. The number of nitrogens with zero attached hydrogens (tertiary/aromatic N) is 6. The van der Waals surface area contributed by atoms with Crippen LogP contribution >= 0.6 is 0 Å². The molecule has 1 amide bonds. The van der Waals surface area contributed by atoms with E-state index in [0.717, 1.165) is 67.7 Å². The molecule has 2 fully saturated rings. The molecule has 2 aliphatic rings. The van der Waals surface area contributed by atoms with Crippen LogP contribution in [0.3, 0.4) is 0 Å². The van der Waals surface area contributed by atoms with Gasteiger partial charge in [0.05, 0.1) is 29.9 Å². The molecule has 0 atom stereocenters. The number of likely N-dealkylation sites (tertiary alicyclic amines) is 1. The normalized spacial score (nSPS) is 17.3. The fourth-order valence-corrected chi connectivity index (χ4v) is 5.26. The summed E-state index contributed by atoms with van der Waals surface area (Å²) in [6.45, 7) is 9.72. The van der Waals surface area contributed by atoms with Crippen molar-refractivity contribution in [3.63, 3.8) is 0 Å². The monoisotopic (exact) mass is 520 g/mol. The number of carbonyl (C=O) groups excluding carboxylic acids is 1. The second-order valence-corrected chi connectivity index (χ2v) is 11.1. The Bertz CT molecular complexity index is 1270. The van der Waals surface area contributed by atoms with Crippen molar-refractivity contribution in [3.8, 4) is 17.1 Å². The molecule has 0 bridgehead atoms. The molecule has 2 saturated heterocycles. The topological polar surface area (TPSA) is 103 Å². The number of carbonyl (C=O) groups is 1. The second-order valence-electron chi connectivity index (χ2n) is 11.1. The van der Waals surface area contributed by atoms with Gasteiger partial charge in [-0.25, -0.2) is 14.8 Å². The van der Waals surface area contributed by atoms with Gasteiger partial charge in [0, 0.05) is 51.2 Å². The van der Waals surface area contributed by atoms with Crippen molar-refractivity contribution in [1.29, 1.82) is 0 Å². The van der Waals surface area contributed by atoms with Crippen molar-refractivity contribution < 1.29 is 19.0 Å². The predicted molar refractivity (Wildman–Crippen MR) is 144 cm³/mol. The van der Waals surface area contributed by atoms with Crippen LogP contribution in [0, 0.1) is 5.41 Å². The van der Waals surface area contributed by atoms with E-state index in [1.54, 1.807) is 31.9 Å². The lowest BCUT2D eigenvalue weighted by Crippen LogP contribution is -2.43. The highest BCUT2D eigenvalue weighted by Crippen LogP contribution is 2.43. The Labute approximate surface area is 223 Å². The van der Waals surface area contributed by atoms with Crippen molar-refractivity contribution in [2.24, 2.45) is 5.41 Å². The minimum atomic E-state index is -0.491. The van der Waals surface area contributed by atoms with Crippen LogP contribution < -0.4 is 9.64 Å². The molecule has 0 aromatic carbocycles. The minimum Gasteiger partial charge on any atom is -0.489 e. The number of methoxy groups -OCH3 is 1. The smallest absolute Gasteiger partial charge is 0.410 e. The summed E-state index contributed by atoms with van der Waals surface area (Å²) in [5, 5.41) is 0.853. The zero-order valence-electron chi connectivity index (χ0n) is 22.6. The van der Waals surface area contributed by atoms with Gasteiger partial charge in [-0.15, -0.1) is 0 Å². The zero-order chi connectivity index (χ0) is 26.8. The summed E-state index contributed by atoms with van der Waals surface area (Å²) in [6, 6.07) is 3.82. The highest BCUT2D eigenvalue weighted by Gasteiger charge is 2.43. The molecular formula is C28H36N6O4. The Hall–Kier alpha value is -3.53. The number of ether oxygens (including phenoxy) is 3. The number of aromatic nitrogens is 4. The maximum atomic E-state index is 12.7. The van der Waals surface area contributed by atoms with Crippen LogP contribution in [0.1, 0.15) is 40.0 Å². The molecule has 202 valence electrons. The number of hydrogen-bond acceptors (Lipinski definition) is 9. The molecule has 38 heavy (non-hydrogen) atoms. The van der Waals surface area contributed by atoms with Gasteiger partial charge in [0.1, 0.15) is 18.0 Å². The molecule has 3 aromatic heterocycles. The van der Waals surface area contributed by atoms with Crippen molar-refractivity contribution in [2.45, 2.75) is 45.6 Å². The summed E-state index contributed by atoms with van der Waals surface area (Å²) in [5.74, 6) is 2.12. The summed E-state index contributed by atoms with van der Waals surface area (Å²) in [6.07, 6.45) is 9.67. The number of piperidine rings is 1. The molecule has 10 heteroatoms. The number of rotatable bonds is 6. The number of amides is 1. The van der Waals surface area contributed by atoms with Gasteiger partial charge in [0.25, 0.3) is 0 Å². The highest BCUT2D eigenvalue weighted by molar-refractivity contribution is 5.95. The molecule has 0 unspecified atom stereocenters. The minimum absolute atomic E-state index is 0.101. The Kier molecular flexibility index (Phi) is 7.34. The van der Waals surface area contributed by atoms with Crippen LogP contribution in [0.2, 0.25) is 0 Å². The Morgan fingerprint density at radius 3 is 2.45 bits per heavy atom. The van der Waals surface area contributed by atoms with E-state index in [1.807, 2.05) is 37.8 Å². The quantitative estimate of drug-likeness (QED) is 0.439. The third-order valence-electron chi connectivity index (χ3n) is 7.25. The Morgan fingerprint density at radius 2 is 1.74 bits per heavy atom. The van der Waals surface area contributed by atoms with E-state index in [0.29, 0.717) is 24.8 Å². The lowest BCUT2D eigenvalue weighted by atomic mass is 9.78. The number of anilines is 1. The van der Waals surface area contributed by atoms with Gasteiger partial charge in [0.15, 0.2) is 11.6 Å². The average molecular weight is 521 g/mol. The van der Waals surface area contributed by atoms with Gasteiger partial charge in [-0.3, -0.25) is 9.97 Å². The molecule has 0 N–H and O–H groups in total. The van der Waals surface area contributed by atoms with E-state index in [9.17, 15) is 4.79 Å². The fraction of sp³-hybridized carbons (Fsp3) is 0.536. The fourth-order valence-electron chi connectivity index (χ4n) is 5.26. The first-order valence-electron chi connectivity index (χ1n) is 13.2. The molecule has 0 radical (unpaired) electrons. The van der Waals surface area contributed by atoms with Crippen LogP contribution in [-0.2, 0) is 9.47 Å². The first-order valence-corrected chi connectivity index (χ1v) is 13.2. The maximum absolute atomic E-state index is 12.7. The maximum Gasteiger partial charge on any atom is 0.410 e. The van der Waals surface area contributed by atoms with E-state index < -0.39 is 5.60 Å². The van der Waals surface area contributed by atoms with E-state index in [2.05, 4.69) is 14.9 Å². The molecule has 2 aliphatic heterocycles. The van der Waals surface area contributed by atoms with Crippen molar-refractivity contribution in [3.05, 3.63) is 36.9 Å². The van der Waals surface area contributed by atoms with Crippen molar-refractivity contribution >= 4 is 22.8 Å². The van der Waals surface area contributed by atoms with E-state index in [4.69, 9.17) is 24.2 Å². The van der Waals surface area contributed by atoms with Crippen LogP contribution in [0.25, 0.3) is 22.3 Å². The van der Waals surface area contributed by atoms with Gasteiger partial charge in [-0.1, -0.05) is 0 Å². The number of pyridine rings is 2. The van der Waals surface area contributed by atoms with Gasteiger partial charge >= 0.3 is 6.09 Å². The summed E-state index contributed by atoms with van der Waals surface area (Å²) >= 11 is 0. The van der Waals surface area contributed by atoms with Crippen LogP contribution in [0.5, 0.6) is 5.75 Å². The van der Waals surface area contributed by atoms with Crippen LogP contribution in [-0.4, -0.2) is 83.0 Å². The molecule has 1 spiro atoms. The summed E-state index contributed by atoms with van der Waals surface area (Å²) < 4.78 is 16.9.